The third kappa shape index (κ3) is 5.72. The lowest BCUT2D eigenvalue weighted by atomic mass is 9.92. The number of anilines is 1. The van der Waals surface area contributed by atoms with Crippen LogP contribution < -0.4 is 4.90 Å². The highest BCUT2D eigenvalue weighted by Crippen LogP contribution is 2.27. The van der Waals surface area contributed by atoms with Crippen molar-refractivity contribution in [2.75, 3.05) is 24.5 Å². The zero-order valence-corrected chi connectivity index (χ0v) is 17.0. The molecule has 1 saturated heterocycles. The monoisotopic (exact) mass is 359 g/mol. The molecule has 4 nitrogen and oxygen atoms in total. The van der Waals surface area contributed by atoms with Gasteiger partial charge in [0.25, 0.3) is 0 Å². The predicted molar refractivity (Wildman–Crippen MR) is 110 cm³/mol. The van der Waals surface area contributed by atoms with Gasteiger partial charge in [-0.3, -0.25) is 4.79 Å². The minimum Gasteiger partial charge on any atom is -0.356 e. The fraction of sp³-hybridized carbons (Fsp3) is 0.727. The van der Waals surface area contributed by atoms with E-state index in [2.05, 4.69) is 27.8 Å². The van der Waals surface area contributed by atoms with Gasteiger partial charge in [0.15, 0.2) is 0 Å². The van der Waals surface area contributed by atoms with Crippen molar-refractivity contribution in [2.24, 2.45) is 5.92 Å². The Morgan fingerprint density at radius 3 is 2.65 bits per heavy atom. The van der Waals surface area contributed by atoms with Gasteiger partial charge in [-0.25, -0.2) is 4.98 Å². The number of carbonyl (C=O) groups is 1. The number of hydrogen-bond donors (Lipinski definition) is 0. The average Bonchev–Trinajstić information content (AvgIpc) is 2.71. The van der Waals surface area contributed by atoms with E-state index in [-0.39, 0.29) is 0 Å². The molecule has 1 saturated carbocycles. The van der Waals surface area contributed by atoms with Gasteiger partial charge in [-0.05, 0) is 56.6 Å². The first-order chi connectivity index (χ1) is 12.8. The first kappa shape index (κ1) is 20.7. The van der Waals surface area contributed by atoms with Crippen LogP contribution in [0.25, 0.3) is 0 Å². The van der Waals surface area contributed by atoms with Gasteiger partial charge in [-0.1, -0.05) is 39.2 Å². The third-order valence-electron chi connectivity index (χ3n) is 5.77. The molecule has 0 radical (unpaired) electrons. The molecule has 2 aliphatic rings. The standard InChI is InChI=1S/C20H31N3O.C2H6/c1-17-7-5-12-21-20(17)22-13-6-8-18(15-22)11-14-23(16-24)19-9-3-2-4-10-19;1-2/h5,7,12,16,18-19H,2-4,6,8-11,13-15H2,1H3;1-2H3. The summed E-state index contributed by atoms with van der Waals surface area (Å²) < 4.78 is 0. The number of aromatic nitrogens is 1. The van der Waals surface area contributed by atoms with E-state index in [1.165, 1.54) is 50.5 Å². The molecule has 26 heavy (non-hydrogen) atoms. The van der Waals surface area contributed by atoms with Crippen LogP contribution in [0.5, 0.6) is 0 Å². The highest BCUT2D eigenvalue weighted by Gasteiger charge is 2.24. The Hall–Kier alpha value is -1.58. The number of amides is 1. The molecule has 3 rings (SSSR count). The van der Waals surface area contributed by atoms with E-state index in [4.69, 9.17) is 0 Å². The Morgan fingerprint density at radius 1 is 1.19 bits per heavy atom. The summed E-state index contributed by atoms with van der Waals surface area (Å²) in [5.41, 5.74) is 1.26. The van der Waals surface area contributed by atoms with E-state index >= 15 is 0 Å². The fourth-order valence-corrected chi connectivity index (χ4v) is 4.37. The maximum atomic E-state index is 11.5. The fourth-order valence-electron chi connectivity index (χ4n) is 4.37. The lowest BCUT2D eigenvalue weighted by Gasteiger charge is -2.36. The summed E-state index contributed by atoms with van der Waals surface area (Å²) in [7, 11) is 0. The number of carbonyl (C=O) groups excluding carboxylic acids is 1. The minimum absolute atomic E-state index is 0.494. The van der Waals surface area contributed by atoms with Crippen molar-refractivity contribution in [3.63, 3.8) is 0 Å². The lowest BCUT2D eigenvalue weighted by molar-refractivity contribution is -0.121. The molecule has 0 bridgehead atoms. The van der Waals surface area contributed by atoms with Crippen molar-refractivity contribution in [3.8, 4) is 0 Å². The van der Waals surface area contributed by atoms with E-state index in [1.807, 2.05) is 26.1 Å². The van der Waals surface area contributed by atoms with Gasteiger partial charge in [0.05, 0.1) is 0 Å². The first-order valence-corrected chi connectivity index (χ1v) is 10.7. The second kappa shape index (κ2) is 11.2. The molecule has 1 aromatic rings. The summed E-state index contributed by atoms with van der Waals surface area (Å²) in [4.78, 5) is 20.6. The van der Waals surface area contributed by atoms with Crippen molar-refractivity contribution >= 4 is 12.2 Å². The summed E-state index contributed by atoms with van der Waals surface area (Å²) in [6.07, 6.45) is 12.9. The van der Waals surface area contributed by atoms with E-state index < -0.39 is 0 Å². The Labute approximate surface area is 160 Å². The topological polar surface area (TPSA) is 36.4 Å². The molecule has 1 aliphatic carbocycles. The summed E-state index contributed by atoms with van der Waals surface area (Å²) >= 11 is 0. The molecule has 1 aliphatic heterocycles. The normalized spacial score (nSPS) is 20.9. The smallest absolute Gasteiger partial charge is 0.209 e. The summed E-state index contributed by atoms with van der Waals surface area (Å²) in [6.45, 7) is 9.25. The number of nitrogens with zero attached hydrogens (tertiary/aromatic N) is 3. The number of rotatable bonds is 6. The first-order valence-electron chi connectivity index (χ1n) is 10.7. The second-order valence-electron chi connectivity index (χ2n) is 7.52. The van der Waals surface area contributed by atoms with Crippen molar-refractivity contribution in [3.05, 3.63) is 23.9 Å². The molecule has 1 atom stereocenters. The van der Waals surface area contributed by atoms with Crippen LogP contribution in [0, 0.1) is 12.8 Å². The van der Waals surface area contributed by atoms with Crippen LogP contribution in [0.1, 0.15) is 70.8 Å². The van der Waals surface area contributed by atoms with E-state index in [9.17, 15) is 4.79 Å². The predicted octanol–water partition coefficient (Wildman–Crippen LogP) is 4.81. The van der Waals surface area contributed by atoms with Crippen LogP contribution in [0.3, 0.4) is 0 Å². The van der Waals surface area contributed by atoms with Gasteiger partial charge in [-0.15, -0.1) is 0 Å². The van der Waals surface area contributed by atoms with E-state index in [1.54, 1.807) is 0 Å². The van der Waals surface area contributed by atoms with Crippen LogP contribution in [0.2, 0.25) is 0 Å². The van der Waals surface area contributed by atoms with Gasteiger partial charge >= 0.3 is 0 Å². The van der Waals surface area contributed by atoms with Gasteiger partial charge in [0.2, 0.25) is 6.41 Å². The number of pyridine rings is 1. The number of hydrogen-bond acceptors (Lipinski definition) is 3. The molecule has 1 unspecified atom stereocenters. The molecule has 0 spiro atoms. The maximum Gasteiger partial charge on any atom is 0.209 e. The molecular weight excluding hydrogens is 322 g/mol. The lowest BCUT2D eigenvalue weighted by Crippen LogP contribution is -2.40. The van der Waals surface area contributed by atoms with Crippen molar-refractivity contribution < 1.29 is 4.79 Å². The van der Waals surface area contributed by atoms with Gasteiger partial charge in [0, 0.05) is 31.9 Å². The Morgan fingerprint density at radius 2 is 1.96 bits per heavy atom. The van der Waals surface area contributed by atoms with E-state index in [0.29, 0.717) is 12.0 Å². The maximum absolute atomic E-state index is 11.5. The van der Waals surface area contributed by atoms with Crippen LogP contribution in [-0.2, 0) is 4.79 Å². The highest BCUT2D eigenvalue weighted by molar-refractivity contribution is 5.48. The van der Waals surface area contributed by atoms with Crippen LogP contribution >= 0.6 is 0 Å². The molecule has 4 heteroatoms. The molecule has 146 valence electrons. The molecule has 2 fully saturated rings. The molecule has 2 heterocycles. The molecular formula is C22H37N3O. The molecule has 0 aromatic carbocycles. The number of piperidine rings is 1. The molecule has 0 N–H and O–H groups in total. The SMILES string of the molecule is CC.Cc1cccnc1N1CCCC(CCN(C=O)C2CCCCC2)C1. The number of aryl methyl sites for hydroxylation is 1. The second-order valence-corrected chi connectivity index (χ2v) is 7.52. The van der Waals surface area contributed by atoms with Crippen molar-refractivity contribution in [2.45, 2.75) is 78.2 Å². The Bertz CT molecular complexity index is 528. The van der Waals surface area contributed by atoms with Crippen molar-refractivity contribution in [1.82, 2.24) is 9.88 Å². The zero-order chi connectivity index (χ0) is 18.8. The zero-order valence-electron chi connectivity index (χ0n) is 17.0. The van der Waals surface area contributed by atoms with Crippen LogP contribution in [0.15, 0.2) is 18.3 Å². The van der Waals surface area contributed by atoms with Gasteiger partial charge in [-0.2, -0.15) is 0 Å². The summed E-state index contributed by atoms with van der Waals surface area (Å²) in [6, 6.07) is 4.64. The summed E-state index contributed by atoms with van der Waals surface area (Å²) in [5.74, 6) is 1.81. The quantitative estimate of drug-likeness (QED) is 0.684. The van der Waals surface area contributed by atoms with Gasteiger partial charge in [0.1, 0.15) is 5.82 Å². The minimum atomic E-state index is 0.494. The van der Waals surface area contributed by atoms with Gasteiger partial charge < -0.3 is 9.80 Å². The Kier molecular flexibility index (Phi) is 8.93. The van der Waals surface area contributed by atoms with E-state index in [0.717, 1.165) is 38.3 Å². The molecule has 1 amide bonds. The summed E-state index contributed by atoms with van der Waals surface area (Å²) in [5, 5.41) is 0. The highest BCUT2D eigenvalue weighted by atomic mass is 16.1. The molecule has 1 aromatic heterocycles. The Balaban J connectivity index is 0.00000117. The van der Waals surface area contributed by atoms with Crippen molar-refractivity contribution in [1.29, 1.82) is 0 Å². The third-order valence-corrected chi connectivity index (χ3v) is 5.77. The van der Waals surface area contributed by atoms with Crippen LogP contribution in [0.4, 0.5) is 5.82 Å². The average molecular weight is 360 g/mol. The van der Waals surface area contributed by atoms with Crippen LogP contribution in [-0.4, -0.2) is 42.0 Å². The largest absolute Gasteiger partial charge is 0.356 e.